The van der Waals surface area contributed by atoms with Crippen molar-refractivity contribution in [1.82, 2.24) is 9.80 Å². The second-order valence-corrected chi connectivity index (χ2v) is 6.66. The van der Waals surface area contributed by atoms with E-state index < -0.39 is 5.60 Å². The molecule has 0 saturated carbocycles. The molecule has 0 atom stereocenters. The van der Waals surface area contributed by atoms with Gasteiger partial charge in [0.05, 0.1) is 5.60 Å². The number of hydrogen-bond donors (Lipinski definition) is 1. The molecule has 4 nitrogen and oxygen atoms in total. The average molecular weight is 290 g/mol. The summed E-state index contributed by atoms with van der Waals surface area (Å²) in [5.41, 5.74) is 0.996. The molecular formula is C17H26N2O2. The van der Waals surface area contributed by atoms with Crippen molar-refractivity contribution < 1.29 is 9.90 Å². The van der Waals surface area contributed by atoms with Crippen LogP contribution in [0, 0.1) is 0 Å². The zero-order valence-electron chi connectivity index (χ0n) is 13.3. The molecule has 1 aromatic rings. The summed E-state index contributed by atoms with van der Waals surface area (Å²) in [5, 5.41) is 9.83. The van der Waals surface area contributed by atoms with Crippen molar-refractivity contribution in [3.05, 3.63) is 35.4 Å². The van der Waals surface area contributed by atoms with Gasteiger partial charge in [0.1, 0.15) is 0 Å². The molecule has 1 aliphatic rings. The second-order valence-electron chi connectivity index (χ2n) is 6.66. The van der Waals surface area contributed by atoms with Crippen LogP contribution < -0.4 is 0 Å². The first-order valence-corrected chi connectivity index (χ1v) is 7.64. The van der Waals surface area contributed by atoms with Crippen molar-refractivity contribution in [1.29, 1.82) is 0 Å². The first-order chi connectivity index (χ1) is 9.85. The van der Waals surface area contributed by atoms with Crippen LogP contribution >= 0.6 is 0 Å². The van der Waals surface area contributed by atoms with Crippen LogP contribution in [0.3, 0.4) is 0 Å². The fraction of sp³-hybridized carbons (Fsp3) is 0.588. The van der Waals surface area contributed by atoms with Gasteiger partial charge in [-0.2, -0.15) is 0 Å². The number of aliphatic hydroxyl groups is 1. The molecule has 1 aliphatic heterocycles. The van der Waals surface area contributed by atoms with E-state index in [1.165, 1.54) is 18.4 Å². The lowest BCUT2D eigenvalue weighted by Crippen LogP contribution is -2.39. The molecule has 1 saturated heterocycles. The van der Waals surface area contributed by atoms with Crippen molar-refractivity contribution in [3.8, 4) is 0 Å². The smallest absolute Gasteiger partial charge is 0.253 e. The number of likely N-dealkylation sites (N-methyl/N-ethyl adjacent to an activating group) is 1. The van der Waals surface area contributed by atoms with Crippen molar-refractivity contribution in [3.63, 3.8) is 0 Å². The van der Waals surface area contributed by atoms with Gasteiger partial charge >= 0.3 is 0 Å². The average Bonchev–Trinajstić information content (AvgIpc) is 2.89. The number of rotatable bonds is 5. The van der Waals surface area contributed by atoms with Gasteiger partial charge in [-0.05, 0) is 57.5 Å². The minimum absolute atomic E-state index is 0.0413. The summed E-state index contributed by atoms with van der Waals surface area (Å²) in [4.78, 5) is 16.4. The molecule has 1 heterocycles. The third kappa shape index (κ3) is 4.83. The Kier molecular flexibility index (Phi) is 5.01. The van der Waals surface area contributed by atoms with E-state index in [0.717, 1.165) is 19.6 Å². The summed E-state index contributed by atoms with van der Waals surface area (Å²) in [6, 6.07) is 7.83. The molecule has 0 unspecified atom stereocenters. The Hall–Kier alpha value is -1.39. The summed E-state index contributed by atoms with van der Waals surface area (Å²) in [5.74, 6) is -0.0413. The Bertz CT molecular complexity index is 488. The van der Waals surface area contributed by atoms with Gasteiger partial charge in [-0.1, -0.05) is 12.1 Å². The number of carbonyl (C=O) groups excluding carboxylic acids is 1. The van der Waals surface area contributed by atoms with E-state index in [4.69, 9.17) is 0 Å². The molecule has 2 rings (SSSR count). The van der Waals surface area contributed by atoms with E-state index in [1.54, 1.807) is 25.8 Å². The zero-order valence-corrected chi connectivity index (χ0v) is 13.3. The van der Waals surface area contributed by atoms with E-state index in [2.05, 4.69) is 11.0 Å². The number of likely N-dealkylation sites (tertiary alicyclic amines) is 1. The lowest BCUT2D eigenvalue weighted by Gasteiger charge is -2.25. The lowest BCUT2D eigenvalue weighted by atomic mass is 10.1. The Morgan fingerprint density at radius 1 is 1.33 bits per heavy atom. The standard InChI is InChI=1S/C17H26N2O2/c1-17(2,21)13-18(3)16(20)15-8-6-7-14(11-15)12-19-9-4-5-10-19/h6-8,11,21H,4-5,9-10,12-13H2,1-3H3. The Labute approximate surface area is 127 Å². The molecule has 1 fully saturated rings. The Morgan fingerprint density at radius 2 is 2.00 bits per heavy atom. The monoisotopic (exact) mass is 290 g/mol. The zero-order chi connectivity index (χ0) is 15.5. The molecule has 0 aromatic heterocycles. The normalized spacial score (nSPS) is 16.2. The molecule has 1 amide bonds. The third-order valence-corrected chi connectivity index (χ3v) is 3.75. The summed E-state index contributed by atoms with van der Waals surface area (Å²) >= 11 is 0. The van der Waals surface area contributed by atoms with Gasteiger partial charge in [0, 0.05) is 25.7 Å². The van der Waals surface area contributed by atoms with Crippen LogP contribution in [-0.4, -0.2) is 53.1 Å². The molecular weight excluding hydrogens is 264 g/mol. The molecule has 1 N–H and O–H groups in total. The molecule has 0 spiro atoms. The van der Waals surface area contributed by atoms with E-state index in [9.17, 15) is 9.90 Å². The van der Waals surface area contributed by atoms with Crippen molar-refractivity contribution >= 4 is 5.91 Å². The van der Waals surface area contributed by atoms with Gasteiger partial charge in [-0.25, -0.2) is 0 Å². The Balaban J connectivity index is 2.03. The topological polar surface area (TPSA) is 43.8 Å². The van der Waals surface area contributed by atoms with Gasteiger partial charge in [0.15, 0.2) is 0 Å². The predicted molar refractivity (Wildman–Crippen MR) is 84.2 cm³/mol. The van der Waals surface area contributed by atoms with Crippen LogP contribution in [0.4, 0.5) is 0 Å². The van der Waals surface area contributed by atoms with Crippen LogP contribution in [0.5, 0.6) is 0 Å². The fourth-order valence-corrected chi connectivity index (χ4v) is 2.87. The molecule has 1 aromatic carbocycles. The molecule has 0 bridgehead atoms. The predicted octanol–water partition coefficient (Wildman–Crippen LogP) is 2.13. The highest BCUT2D eigenvalue weighted by Crippen LogP contribution is 2.15. The maximum Gasteiger partial charge on any atom is 0.253 e. The summed E-state index contributed by atoms with van der Waals surface area (Å²) in [6.45, 7) is 6.95. The number of amides is 1. The highest BCUT2D eigenvalue weighted by atomic mass is 16.3. The van der Waals surface area contributed by atoms with E-state index in [0.29, 0.717) is 12.1 Å². The van der Waals surface area contributed by atoms with Crippen LogP contribution in [0.25, 0.3) is 0 Å². The number of benzene rings is 1. The van der Waals surface area contributed by atoms with Gasteiger partial charge < -0.3 is 10.0 Å². The number of nitrogens with zero attached hydrogens (tertiary/aromatic N) is 2. The largest absolute Gasteiger partial charge is 0.389 e. The number of hydrogen-bond acceptors (Lipinski definition) is 3. The minimum Gasteiger partial charge on any atom is -0.389 e. The SMILES string of the molecule is CN(CC(C)(C)O)C(=O)c1cccc(CN2CCCC2)c1. The van der Waals surface area contributed by atoms with Gasteiger partial charge in [-0.3, -0.25) is 9.69 Å². The number of carbonyl (C=O) groups is 1. The summed E-state index contributed by atoms with van der Waals surface area (Å²) in [7, 11) is 1.73. The molecule has 0 radical (unpaired) electrons. The van der Waals surface area contributed by atoms with Gasteiger partial charge in [0.25, 0.3) is 5.91 Å². The minimum atomic E-state index is -0.877. The van der Waals surface area contributed by atoms with Crippen molar-refractivity contribution in [2.45, 2.75) is 38.8 Å². The van der Waals surface area contributed by atoms with Crippen LogP contribution in [0.2, 0.25) is 0 Å². The first kappa shape index (κ1) is 16.0. The van der Waals surface area contributed by atoms with Crippen molar-refractivity contribution in [2.24, 2.45) is 0 Å². The first-order valence-electron chi connectivity index (χ1n) is 7.64. The maximum atomic E-state index is 12.4. The lowest BCUT2D eigenvalue weighted by molar-refractivity contribution is 0.0368. The van der Waals surface area contributed by atoms with E-state index >= 15 is 0 Å². The van der Waals surface area contributed by atoms with E-state index in [1.807, 2.05) is 18.2 Å². The maximum absolute atomic E-state index is 12.4. The van der Waals surface area contributed by atoms with E-state index in [-0.39, 0.29) is 5.91 Å². The second kappa shape index (κ2) is 6.58. The molecule has 4 heteroatoms. The van der Waals surface area contributed by atoms with Gasteiger partial charge in [-0.15, -0.1) is 0 Å². The molecule has 0 aliphatic carbocycles. The fourth-order valence-electron chi connectivity index (χ4n) is 2.87. The Morgan fingerprint density at radius 3 is 2.62 bits per heavy atom. The van der Waals surface area contributed by atoms with Crippen LogP contribution in [0.1, 0.15) is 42.6 Å². The highest BCUT2D eigenvalue weighted by molar-refractivity contribution is 5.94. The molecule has 21 heavy (non-hydrogen) atoms. The quantitative estimate of drug-likeness (QED) is 0.903. The molecule has 116 valence electrons. The van der Waals surface area contributed by atoms with Crippen LogP contribution in [0.15, 0.2) is 24.3 Å². The van der Waals surface area contributed by atoms with Gasteiger partial charge in [0.2, 0.25) is 0 Å². The highest BCUT2D eigenvalue weighted by Gasteiger charge is 2.20. The third-order valence-electron chi connectivity index (χ3n) is 3.75. The summed E-state index contributed by atoms with van der Waals surface area (Å²) in [6.07, 6.45) is 2.54. The van der Waals surface area contributed by atoms with Crippen LogP contribution in [-0.2, 0) is 6.54 Å². The van der Waals surface area contributed by atoms with Crippen molar-refractivity contribution in [2.75, 3.05) is 26.7 Å². The summed E-state index contributed by atoms with van der Waals surface area (Å²) < 4.78 is 0.